The second-order valence-electron chi connectivity index (χ2n) is 0.619. The molecular weight excluding hydrogens is 187 g/mol. The Kier molecular flexibility index (Phi) is 3.47. The van der Waals surface area contributed by atoms with E-state index in [-0.39, 0.29) is 0 Å². The zero-order valence-electron chi connectivity index (χ0n) is 3.23. The molecule has 0 aliphatic heterocycles. The normalized spacial score (nSPS) is 11.9. The fourth-order valence-electron chi connectivity index (χ4n) is 0.0444. The standard InChI is InChI=1S/Co.H2O6S/c;1-5-6-7(2,3)4/h;1H,(H,2,3,4)/q+1;/p-1. The van der Waals surface area contributed by atoms with Crippen LogP contribution in [0.3, 0.4) is 0 Å². The van der Waals surface area contributed by atoms with E-state index in [4.69, 9.17) is 4.55 Å². The third-order valence-electron chi connectivity index (χ3n) is 0.136. The summed E-state index contributed by atoms with van der Waals surface area (Å²) < 4.78 is 33.1. The van der Waals surface area contributed by atoms with Crippen LogP contribution in [0.1, 0.15) is 0 Å². The van der Waals surface area contributed by atoms with Crippen LogP contribution in [0.15, 0.2) is 0 Å². The van der Waals surface area contributed by atoms with Crippen molar-refractivity contribution in [1.82, 2.24) is 0 Å². The average Bonchev–Trinajstić information content (AvgIpc) is 1.59. The Balaban J connectivity index is 3.42. The summed E-state index contributed by atoms with van der Waals surface area (Å²) >= 11 is 2.95. The Morgan fingerprint density at radius 2 is 2.00 bits per heavy atom. The molecule has 0 aliphatic rings. The average molecular weight is 188 g/mol. The van der Waals surface area contributed by atoms with Crippen LogP contribution in [-0.2, 0) is 39.8 Å². The second-order valence-corrected chi connectivity index (χ2v) is 1.78. The molecule has 0 atom stereocenters. The molecule has 52 valence electrons. The summed E-state index contributed by atoms with van der Waals surface area (Å²) in [5.74, 6) is 0. The van der Waals surface area contributed by atoms with Crippen molar-refractivity contribution in [1.29, 1.82) is 0 Å². The van der Waals surface area contributed by atoms with Crippen molar-refractivity contribution in [2.24, 2.45) is 0 Å². The molecule has 0 saturated carbocycles. The van der Waals surface area contributed by atoms with Crippen LogP contribution >= 0.6 is 0 Å². The SMILES string of the molecule is O=S(=O)(O)OO[O][Co]. The number of rotatable bonds is 3. The minimum absolute atomic E-state index is 2.95. The van der Waals surface area contributed by atoms with Crippen LogP contribution in [-0.4, -0.2) is 13.0 Å². The van der Waals surface area contributed by atoms with E-state index in [2.05, 4.69) is 29.4 Å². The van der Waals surface area contributed by atoms with Gasteiger partial charge in [0.1, 0.15) is 0 Å². The first-order chi connectivity index (χ1) is 3.56. The summed E-state index contributed by atoms with van der Waals surface area (Å²) in [5, 5.41) is 3.22. The molecule has 8 heteroatoms. The summed E-state index contributed by atoms with van der Waals surface area (Å²) in [6.07, 6.45) is 0. The Bertz CT molecular complexity index is 133. The van der Waals surface area contributed by atoms with E-state index in [0.717, 1.165) is 0 Å². The van der Waals surface area contributed by atoms with Crippen molar-refractivity contribution < 1.29 is 42.4 Å². The van der Waals surface area contributed by atoms with Crippen molar-refractivity contribution >= 4 is 10.4 Å². The van der Waals surface area contributed by atoms with Crippen molar-refractivity contribution in [2.45, 2.75) is 0 Å². The van der Waals surface area contributed by atoms with Gasteiger partial charge >= 0.3 is 52.8 Å². The maximum atomic E-state index is 9.48. The van der Waals surface area contributed by atoms with E-state index < -0.39 is 10.4 Å². The summed E-state index contributed by atoms with van der Waals surface area (Å²) in [6.45, 7) is 0. The van der Waals surface area contributed by atoms with Gasteiger partial charge in [0.05, 0.1) is 0 Å². The molecule has 0 fully saturated rings. The zero-order valence-corrected chi connectivity index (χ0v) is 5.09. The van der Waals surface area contributed by atoms with Gasteiger partial charge in [-0.2, -0.15) is 0 Å². The van der Waals surface area contributed by atoms with Crippen molar-refractivity contribution in [3.05, 3.63) is 0 Å². The predicted octanol–water partition coefficient (Wildman–Crippen LogP) is -0.869. The number of hydrogen-bond acceptors (Lipinski definition) is 5. The maximum absolute atomic E-state index is 9.48. The molecule has 0 spiro atoms. The van der Waals surface area contributed by atoms with Crippen LogP contribution in [0.25, 0.3) is 0 Å². The molecule has 0 aromatic carbocycles. The Morgan fingerprint density at radius 1 is 1.50 bits per heavy atom. The van der Waals surface area contributed by atoms with Gasteiger partial charge in [-0.3, -0.25) is 0 Å². The molecule has 1 N–H and O–H groups in total. The van der Waals surface area contributed by atoms with Gasteiger partial charge in [0.15, 0.2) is 0 Å². The summed E-state index contributed by atoms with van der Waals surface area (Å²) in [7, 11) is -4.58. The quantitative estimate of drug-likeness (QED) is 0.352. The fraction of sp³-hybridized carbons (Fsp3) is 0. The van der Waals surface area contributed by atoms with Crippen molar-refractivity contribution in [2.75, 3.05) is 0 Å². The van der Waals surface area contributed by atoms with Crippen LogP contribution in [0.5, 0.6) is 0 Å². The van der Waals surface area contributed by atoms with E-state index in [0.29, 0.717) is 0 Å². The predicted molar refractivity (Wildman–Crippen MR) is 14.8 cm³/mol. The van der Waals surface area contributed by atoms with Crippen LogP contribution in [0, 0.1) is 0 Å². The van der Waals surface area contributed by atoms with Crippen LogP contribution < -0.4 is 0 Å². The summed E-state index contributed by atoms with van der Waals surface area (Å²) in [4.78, 5) is 0. The second kappa shape index (κ2) is 3.35. The van der Waals surface area contributed by atoms with E-state index in [9.17, 15) is 8.42 Å². The molecule has 0 unspecified atom stereocenters. The van der Waals surface area contributed by atoms with E-state index >= 15 is 0 Å². The molecule has 8 heavy (non-hydrogen) atoms. The molecule has 0 rings (SSSR count). The first-order valence-corrected chi connectivity index (χ1v) is 2.94. The molecule has 0 radical (unpaired) electrons. The first kappa shape index (κ1) is 8.30. The van der Waals surface area contributed by atoms with E-state index in [1.165, 1.54) is 0 Å². The third-order valence-corrected chi connectivity index (χ3v) is 0.435. The van der Waals surface area contributed by atoms with E-state index in [1.807, 2.05) is 0 Å². The first-order valence-electron chi connectivity index (χ1n) is 1.15. The van der Waals surface area contributed by atoms with Crippen LogP contribution in [0.4, 0.5) is 0 Å². The van der Waals surface area contributed by atoms with Crippen molar-refractivity contribution in [3.63, 3.8) is 0 Å². The Hall–Kier alpha value is 0.296. The summed E-state index contributed by atoms with van der Waals surface area (Å²) in [6, 6.07) is 0. The number of hydrogen-bond donors (Lipinski definition) is 1. The topological polar surface area (TPSA) is 82.1 Å². The van der Waals surface area contributed by atoms with Gasteiger partial charge in [0.25, 0.3) is 0 Å². The van der Waals surface area contributed by atoms with Gasteiger partial charge in [-0.05, 0) is 0 Å². The third kappa shape index (κ3) is 6.30. The van der Waals surface area contributed by atoms with Gasteiger partial charge in [0.2, 0.25) is 0 Å². The van der Waals surface area contributed by atoms with Gasteiger partial charge in [-0.25, -0.2) is 0 Å². The van der Waals surface area contributed by atoms with Gasteiger partial charge in [-0.1, -0.05) is 0 Å². The zero-order chi connectivity index (χ0) is 6.62. The van der Waals surface area contributed by atoms with Gasteiger partial charge in [0, 0.05) is 0 Å². The van der Waals surface area contributed by atoms with Crippen LogP contribution in [0.2, 0.25) is 0 Å². The summed E-state index contributed by atoms with van der Waals surface area (Å²) in [5.41, 5.74) is 0. The molecule has 0 aromatic rings. The van der Waals surface area contributed by atoms with Crippen molar-refractivity contribution in [3.8, 4) is 0 Å². The molecule has 0 heterocycles. The molecule has 0 amide bonds. The molecule has 0 saturated heterocycles. The minimum atomic E-state index is -4.58. The molecular formula is HCoO6S. The molecule has 6 nitrogen and oxygen atoms in total. The molecule has 0 aliphatic carbocycles. The van der Waals surface area contributed by atoms with Gasteiger partial charge < -0.3 is 0 Å². The van der Waals surface area contributed by atoms with Gasteiger partial charge in [-0.15, -0.1) is 0 Å². The monoisotopic (exact) mass is 188 g/mol. The molecule has 0 aromatic heterocycles. The fourth-order valence-corrected chi connectivity index (χ4v) is 0.220. The Labute approximate surface area is 53.4 Å². The Morgan fingerprint density at radius 3 is 2.12 bits per heavy atom. The van der Waals surface area contributed by atoms with E-state index in [1.54, 1.807) is 0 Å². The molecule has 0 bridgehead atoms.